The maximum absolute atomic E-state index is 6.12. The molecule has 0 saturated carbocycles. The Kier molecular flexibility index (Phi) is 5.08. The van der Waals surface area contributed by atoms with Crippen molar-refractivity contribution in [1.82, 2.24) is 15.0 Å². The second-order valence-corrected chi connectivity index (χ2v) is 5.85. The number of rotatable bonds is 4. The number of hydrogen-bond donors (Lipinski definition) is 1. The molecule has 0 unspecified atom stereocenters. The Balaban J connectivity index is 2.39. The van der Waals surface area contributed by atoms with Gasteiger partial charge in [-0.1, -0.05) is 23.2 Å². The molecule has 0 amide bonds. The Bertz CT molecular complexity index is 668. The number of nitrogens with zero attached hydrogens (tertiary/aromatic N) is 4. The molecule has 1 aromatic heterocycles. The van der Waals surface area contributed by atoms with Gasteiger partial charge in [0.25, 0.3) is 0 Å². The smallest absolute Gasteiger partial charge is 0.328 e. The molecular weight excluding hydrogens is 381 g/mol. The molecule has 112 valence electrons. The molecule has 0 aliphatic carbocycles. The van der Waals surface area contributed by atoms with Crippen LogP contribution in [0.4, 0.5) is 11.9 Å². The zero-order valence-electron chi connectivity index (χ0n) is 11.5. The van der Waals surface area contributed by atoms with E-state index in [4.69, 9.17) is 27.9 Å². The van der Waals surface area contributed by atoms with E-state index in [1.807, 2.05) is 14.1 Å². The number of hydrogen-bond acceptors (Lipinski definition) is 6. The standard InChI is InChI=1S/C12H12BrCl2N5O/c1-16-10-17-11(20(2)3)19-12(18-10)21-9-5-7(14)6(13)4-8(9)15/h4-5H,1-3H3,(H,16,17,18,19). The summed E-state index contributed by atoms with van der Waals surface area (Å²) in [5.74, 6) is 1.22. The fourth-order valence-corrected chi connectivity index (χ4v) is 2.22. The van der Waals surface area contributed by atoms with Crippen molar-refractivity contribution in [3.63, 3.8) is 0 Å². The third-order valence-electron chi connectivity index (χ3n) is 2.40. The maximum atomic E-state index is 6.12. The first-order valence-corrected chi connectivity index (χ1v) is 7.39. The van der Waals surface area contributed by atoms with Gasteiger partial charge in [-0.05, 0) is 22.0 Å². The summed E-state index contributed by atoms with van der Waals surface area (Å²) < 4.78 is 6.29. The van der Waals surface area contributed by atoms with Crippen LogP contribution < -0.4 is 15.0 Å². The molecule has 6 nitrogen and oxygen atoms in total. The van der Waals surface area contributed by atoms with Crippen LogP contribution in [0.15, 0.2) is 16.6 Å². The fraction of sp³-hybridized carbons (Fsp3) is 0.250. The molecule has 2 rings (SSSR count). The predicted molar refractivity (Wildman–Crippen MR) is 87.9 cm³/mol. The molecule has 21 heavy (non-hydrogen) atoms. The first kappa shape index (κ1) is 16.1. The summed E-state index contributed by atoms with van der Waals surface area (Å²) in [5.41, 5.74) is 0. The Hall–Kier alpha value is -1.31. The maximum Gasteiger partial charge on any atom is 0.328 e. The van der Waals surface area contributed by atoms with Crippen LogP contribution in [0.25, 0.3) is 0 Å². The van der Waals surface area contributed by atoms with E-state index in [0.29, 0.717) is 32.2 Å². The molecule has 0 saturated heterocycles. The molecule has 0 aliphatic rings. The number of benzene rings is 1. The van der Waals surface area contributed by atoms with Gasteiger partial charge in [0.15, 0.2) is 5.75 Å². The quantitative estimate of drug-likeness (QED) is 0.797. The van der Waals surface area contributed by atoms with Crippen LogP contribution >= 0.6 is 39.1 Å². The van der Waals surface area contributed by atoms with E-state index < -0.39 is 0 Å². The lowest BCUT2D eigenvalue weighted by atomic mass is 10.3. The molecule has 2 aromatic rings. The highest BCUT2D eigenvalue weighted by atomic mass is 79.9. The van der Waals surface area contributed by atoms with Gasteiger partial charge in [0.05, 0.1) is 10.0 Å². The van der Waals surface area contributed by atoms with Crippen LogP contribution in [0.1, 0.15) is 0 Å². The average Bonchev–Trinajstić information content (AvgIpc) is 2.44. The summed E-state index contributed by atoms with van der Waals surface area (Å²) in [6, 6.07) is 3.36. The first-order chi connectivity index (χ1) is 9.90. The number of aromatic nitrogens is 3. The van der Waals surface area contributed by atoms with Gasteiger partial charge in [0, 0.05) is 31.7 Å². The van der Waals surface area contributed by atoms with Gasteiger partial charge in [0.2, 0.25) is 11.9 Å². The normalized spacial score (nSPS) is 10.4. The lowest BCUT2D eigenvalue weighted by Gasteiger charge is -2.13. The van der Waals surface area contributed by atoms with Crippen LogP contribution in [0, 0.1) is 0 Å². The van der Waals surface area contributed by atoms with Crippen molar-refractivity contribution >= 4 is 51.0 Å². The topological polar surface area (TPSA) is 63.2 Å². The molecule has 0 aliphatic heterocycles. The van der Waals surface area contributed by atoms with Gasteiger partial charge in [0.1, 0.15) is 0 Å². The second-order valence-electron chi connectivity index (χ2n) is 4.18. The summed E-state index contributed by atoms with van der Waals surface area (Å²) in [6.07, 6.45) is 0. The van der Waals surface area contributed by atoms with Crippen molar-refractivity contribution in [1.29, 1.82) is 0 Å². The number of anilines is 2. The predicted octanol–water partition coefficient (Wildman–Crippen LogP) is 3.84. The van der Waals surface area contributed by atoms with Gasteiger partial charge in [-0.2, -0.15) is 15.0 Å². The SMILES string of the molecule is CNc1nc(Oc2cc(Cl)c(Br)cc2Cl)nc(N(C)C)n1. The molecule has 0 spiro atoms. The van der Waals surface area contributed by atoms with Crippen LogP contribution in [0.5, 0.6) is 11.8 Å². The van der Waals surface area contributed by atoms with Crippen molar-refractivity contribution < 1.29 is 4.74 Å². The van der Waals surface area contributed by atoms with Gasteiger partial charge < -0.3 is 15.0 Å². The minimum atomic E-state index is 0.123. The molecule has 1 heterocycles. The van der Waals surface area contributed by atoms with E-state index in [0.717, 1.165) is 0 Å². The lowest BCUT2D eigenvalue weighted by molar-refractivity contribution is 0.441. The van der Waals surface area contributed by atoms with Gasteiger partial charge in [-0.25, -0.2) is 0 Å². The summed E-state index contributed by atoms with van der Waals surface area (Å²) in [4.78, 5) is 14.3. The van der Waals surface area contributed by atoms with Crippen molar-refractivity contribution in [3.05, 3.63) is 26.7 Å². The number of halogens is 3. The highest BCUT2D eigenvalue weighted by molar-refractivity contribution is 9.10. The van der Waals surface area contributed by atoms with Crippen molar-refractivity contribution in [2.75, 3.05) is 31.4 Å². The third-order valence-corrected chi connectivity index (χ3v) is 3.90. The van der Waals surface area contributed by atoms with E-state index in [1.54, 1.807) is 24.1 Å². The summed E-state index contributed by atoms with van der Waals surface area (Å²) in [7, 11) is 5.35. The fourth-order valence-electron chi connectivity index (χ4n) is 1.38. The van der Waals surface area contributed by atoms with Crippen molar-refractivity contribution in [2.45, 2.75) is 0 Å². The average molecular weight is 393 g/mol. The van der Waals surface area contributed by atoms with Crippen molar-refractivity contribution in [2.24, 2.45) is 0 Å². The minimum absolute atomic E-state index is 0.123. The Morgan fingerprint density at radius 3 is 2.48 bits per heavy atom. The zero-order valence-corrected chi connectivity index (χ0v) is 14.6. The van der Waals surface area contributed by atoms with Gasteiger partial charge >= 0.3 is 6.01 Å². The monoisotopic (exact) mass is 391 g/mol. The van der Waals surface area contributed by atoms with Crippen molar-refractivity contribution in [3.8, 4) is 11.8 Å². The summed E-state index contributed by atoms with van der Waals surface area (Å²) in [5, 5.41) is 3.72. The molecule has 0 bridgehead atoms. The highest BCUT2D eigenvalue weighted by Crippen LogP contribution is 2.36. The van der Waals surface area contributed by atoms with Crippen LogP contribution in [0.2, 0.25) is 10.0 Å². The zero-order chi connectivity index (χ0) is 15.6. The Morgan fingerprint density at radius 1 is 1.14 bits per heavy atom. The largest absolute Gasteiger partial charge is 0.422 e. The molecule has 0 fully saturated rings. The van der Waals surface area contributed by atoms with Crippen LogP contribution in [0.3, 0.4) is 0 Å². The Morgan fingerprint density at radius 2 is 1.86 bits per heavy atom. The molecule has 9 heteroatoms. The second kappa shape index (κ2) is 6.64. The number of ether oxygens (including phenoxy) is 1. The summed E-state index contributed by atoms with van der Waals surface area (Å²) >= 11 is 15.4. The molecule has 0 radical (unpaired) electrons. The highest BCUT2D eigenvalue weighted by Gasteiger charge is 2.13. The van der Waals surface area contributed by atoms with E-state index in [2.05, 4.69) is 36.2 Å². The van der Waals surface area contributed by atoms with E-state index in [9.17, 15) is 0 Å². The van der Waals surface area contributed by atoms with E-state index >= 15 is 0 Å². The Labute approximate surface area is 140 Å². The summed E-state index contributed by atoms with van der Waals surface area (Å²) in [6.45, 7) is 0. The first-order valence-electron chi connectivity index (χ1n) is 5.84. The minimum Gasteiger partial charge on any atom is -0.422 e. The van der Waals surface area contributed by atoms with E-state index in [-0.39, 0.29) is 6.01 Å². The van der Waals surface area contributed by atoms with Gasteiger partial charge in [-0.3, -0.25) is 0 Å². The molecular formula is C12H12BrCl2N5O. The molecule has 1 N–H and O–H groups in total. The van der Waals surface area contributed by atoms with Crippen LogP contribution in [-0.2, 0) is 0 Å². The van der Waals surface area contributed by atoms with E-state index in [1.165, 1.54) is 0 Å². The third kappa shape index (κ3) is 3.87. The van der Waals surface area contributed by atoms with Gasteiger partial charge in [-0.15, -0.1) is 0 Å². The molecule has 0 atom stereocenters. The lowest BCUT2D eigenvalue weighted by Crippen LogP contribution is -2.15. The number of nitrogens with one attached hydrogen (secondary N) is 1. The van der Waals surface area contributed by atoms with Crippen LogP contribution in [-0.4, -0.2) is 36.1 Å². The molecule has 1 aromatic carbocycles.